The average Bonchev–Trinajstić information content (AvgIpc) is 2.05. The first kappa shape index (κ1) is 9.32. The molecule has 0 bridgehead atoms. The molecule has 12 heavy (non-hydrogen) atoms. The highest BCUT2D eigenvalue weighted by atomic mass is 35.5. The predicted molar refractivity (Wildman–Crippen MR) is 42.9 cm³/mol. The Balaban J connectivity index is 4.36. The molecular weight excluding hydrogens is 184 g/mol. The van der Waals surface area contributed by atoms with Crippen molar-refractivity contribution >= 4 is 23.5 Å². The molecule has 0 radical (unpaired) electrons. The second-order valence-electron chi connectivity index (χ2n) is 1.75. The quantitative estimate of drug-likeness (QED) is 0.377. The zero-order valence-electron chi connectivity index (χ0n) is 7.93. The fourth-order valence-electron chi connectivity index (χ4n) is 0.472. The van der Waals surface area contributed by atoms with Gasteiger partial charge in [0.1, 0.15) is 0 Å². The van der Waals surface area contributed by atoms with Crippen molar-refractivity contribution in [2.75, 3.05) is 13.2 Å². The zero-order valence-corrected chi connectivity index (χ0v) is 7.68. The van der Waals surface area contributed by atoms with E-state index < -0.39 is 17.3 Å². The number of ether oxygens (including phenoxy) is 2. The summed E-state index contributed by atoms with van der Waals surface area (Å²) in [6, 6.07) is 0. The van der Waals surface area contributed by atoms with Crippen LogP contribution in [0.5, 0.6) is 0 Å². The Bertz CT molecular complexity index is 185. The topological polar surface area (TPSA) is 52.6 Å². The van der Waals surface area contributed by atoms with Crippen molar-refractivity contribution in [3.8, 4) is 0 Å². The van der Waals surface area contributed by atoms with E-state index in [-0.39, 0.29) is 13.2 Å². The highest BCUT2D eigenvalue weighted by Crippen LogP contribution is 2.01. The lowest BCUT2D eigenvalue weighted by molar-refractivity contribution is -0.153. The molecule has 0 amide bonds. The van der Waals surface area contributed by atoms with E-state index >= 15 is 0 Å². The molecule has 0 aromatic rings. The highest BCUT2D eigenvalue weighted by molar-refractivity contribution is 6.39. The lowest BCUT2D eigenvalue weighted by atomic mass is 10.4. The van der Waals surface area contributed by atoms with Crippen molar-refractivity contribution in [2.45, 2.75) is 19.2 Å². The summed E-state index contributed by atoms with van der Waals surface area (Å²) >= 11 is 5.31. The van der Waals surface area contributed by atoms with Gasteiger partial charge >= 0.3 is 11.9 Å². The molecule has 0 heterocycles. The summed E-state index contributed by atoms with van der Waals surface area (Å²) < 4.78 is 16.0. The van der Waals surface area contributed by atoms with E-state index in [1.165, 1.54) is 0 Å². The number of carbonyl (C=O) groups is 2. The number of alkyl halides is 1. The van der Waals surface area contributed by atoms with Gasteiger partial charge in [0.2, 0.25) is 5.35 Å². The minimum atomic E-state index is -2.48. The molecule has 70 valence electrons. The third kappa shape index (κ3) is 3.57. The maximum absolute atomic E-state index is 10.9. The molecule has 4 nitrogen and oxygen atoms in total. The number of esters is 2. The Morgan fingerprint density at radius 1 is 1.33 bits per heavy atom. The normalized spacial score (nSPS) is 11.8. The molecule has 0 spiro atoms. The van der Waals surface area contributed by atoms with Crippen LogP contribution in [0.15, 0.2) is 0 Å². The Hall–Kier alpha value is -0.770. The van der Waals surface area contributed by atoms with Crippen LogP contribution in [0.25, 0.3) is 0 Å². The third-order valence-electron chi connectivity index (χ3n) is 0.909. The van der Waals surface area contributed by atoms with E-state index in [9.17, 15) is 9.59 Å². The molecule has 0 saturated carbocycles. The fraction of sp³-hybridized carbons (Fsp3) is 0.714. The van der Waals surface area contributed by atoms with Crippen LogP contribution in [0.1, 0.15) is 15.2 Å². The number of rotatable bonds is 4. The maximum Gasteiger partial charge on any atom is 0.335 e. The fourth-order valence-corrected chi connectivity index (χ4v) is 0.581. The van der Waals surface area contributed by atoms with Gasteiger partial charge in [0.25, 0.3) is 0 Å². The van der Waals surface area contributed by atoms with Gasteiger partial charge in [0.15, 0.2) is 0 Å². The monoisotopic (exact) mass is 195 g/mol. The van der Waals surface area contributed by atoms with Crippen LogP contribution in [0, 0.1) is 0 Å². The van der Waals surface area contributed by atoms with Gasteiger partial charge in [-0.25, -0.2) is 9.59 Å². The van der Waals surface area contributed by atoms with Gasteiger partial charge in [-0.15, -0.1) is 0 Å². The summed E-state index contributed by atoms with van der Waals surface area (Å²) in [5.41, 5.74) is 0. The third-order valence-corrected chi connectivity index (χ3v) is 1.22. The summed E-state index contributed by atoms with van der Waals surface area (Å²) in [5, 5.41) is -2.48. The van der Waals surface area contributed by atoms with E-state index in [1.807, 2.05) is 0 Å². The van der Waals surface area contributed by atoms with Crippen LogP contribution in [0.4, 0.5) is 0 Å². The largest absolute Gasteiger partial charge is 0.464 e. The standard InChI is InChI=1S/C7H11ClO4/c1-3-11-6(9)5(8)7(10)12-4-2/h5H,3-4H2,1-2H3/i5D. The molecule has 0 aromatic heterocycles. The van der Waals surface area contributed by atoms with E-state index in [0.717, 1.165) is 0 Å². The van der Waals surface area contributed by atoms with Crippen LogP contribution in [0.2, 0.25) is 0 Å². The minimum absolute atomic E-state index is 0.0611. The lowest BCUT2D eigenvalue weighted by Gasteiger charge is -2.06. The van der Waals surface area contributed by atoms with Gasteiger partial charge in [0, 0.05) is 0 Å². The van der Waals surface area contributed by atoms with E-state index in [0.29, 0.717) is 0 Å². The van der Waals surface area contributed by atoms with E-state index in [1.54, 1.807) is 13.8 Å². The molecule has 0 atom stereocenters. The number of carbonyl (C=O) groups excluding carboxylic acids is 2. The zero-order chi connectivity index (χ0) is 10.5. The summed E-state index contributed by atoms with van der Waals surface area (Å²) in [6.45, 7) is 3.23. The first-order chi connectivity index (χ1) is 5.96. The number of hydrogen-bond acceptors (Lipinski definition) is 4. The number of halogens is 1. The molecule has 0 aliphatic rings. The molecule has 5 heteroatoms. The van der Waals surface area contributed by atoms with Crippen molar-refractivity contribution in [1.29, 1.82) is 0 Å². The molecule has 0 rings (SSSR count). The minimum Gasteiger partial charge on any atom is -0.464 e. The van der Waals surface area contributed by atoms with Crippen LogP contribution in [-0.4, -0.2) is 30.5 Å². The average molecular weight is 196 g/mol. The lowest BCUT2D eigenvalue weighted by Crippen LogP contribution is -2.28. The van der Waals surface area contributed by atoms with Gasteiger partial charge in [-0.2, -0.15) is 0 Å². The van der Waals surface area contributed by atoms with Crippen molar-refractivity contribution < 1.29 is 20.4 Å². The molecule has 0 aliphatic carbocycles. The van der Waals surface area contributed by atoms with Crippen molar-refractivity contribution in [3.05, 3.63) is 0 Å². The van der Waals surface area contributed by atoms with Gasteiger partial charge < -0.3 is 9.47 Å². The van der Waals surface area contributed by atoms with Gasteiger partial charge in [0.05, 0.1) is 14.6 Å². The molecular formula is C7H11ClO4. The second kappa shape index (κ2) is 5.83. The molecule has 0 fully saturated rings. The van der Waals surface area contributed by atoms with Crippen LogP contribution >= 0.6 is 11.6 Å². The molecule has 0 unspecified atom stereocenters. The Labute approximate surface area is 77.2 Å². The van der Waals surface area contributed by atoms with Crippen LogP contribution in [-0.2, 0) is 19.1 Å². The molecule has 0 aliphatic heterocycles. The maximum atomic E-state index is 10.9. The Kier molecular flexibility index (Phi) is 4.52. The Morgan fingerprint density at radius 3 is 1.92 bits per heavy atom. The first-order valence-corrected chi connectivity index (χ1v) is 3.88. The molecule has 0 saturated heterocycles. The van der Waals surface area contributed by atoms with Crippen molar-refractivity contribution in [3.63, 3.8) is 0 Å². The van der Waals surface area contributed by atoms with E-state index in [2.05, 4.69) is 9.47 Å². The number of hydrogen-bond donors (Lipinski definition) is 0. The van der Waals surface area contributed by atoms with Gasteiger partial charge in [-0.3, -0.25) is 0 Å². The smallest absolute Gasteiger partial charge is 0.335 e. The highest BCUT2D eigenvalue weighted by Gasteiger charge is 2.26. The summed E-state index contributed by atoms with van der Waals surface area (Å²) in [5.74, 6) is -2.23. The SMILES string of the molecule is [2H]C(Cl)(C(=O)OCC)C(=O)OCC. The molecule has 0 aromatic carbocycles. The Morgan fingerprint density at radius 2 is 1.67 bits per heavy atom. The predicted octanol–water partition coefficient (Wildman–Crippen LogP) is 0.720. The summed E-state index contributed by atoms with van der Waals surface area (Å²) in [6.07, 6.45) is 0. The van der Waals surface area contributed by atoms with Crippen molar-refractivity contribution in [2.24, 2.45) is 0 Å². The molecule has 0 N–H and O–H groups in total. The first-order valence-electron chi connectivity index (χ1n) is 4.00. The second-order valence-corrected chi connectivity index (χ2v) is 2.13. The summed E-state index contributed by atoms with van der Waals surface area (Å²) in [7, 11) is 0. The van der Waals surface area contributed by atoms with Crippen molar-refractivity contribution in [1.82, 2.24) is 0 Å². The summed E-state index contributed by atoms with van der Waals surface area (Å²) in [4.78, 5) is 21.9. The van der Waals surface area contributed by atoms with E-state index in [4.69, 9.17) is 13.0 Å². The van der Waals surface area contributed by atoms with Crippen LogP contribution < -0.4 is 0 Å². The van der Waals surface area contributed by atoms with Gasteiger partial charge in [-0.05, 0) is 13.8 Å². The van der Waals surface area contributed by atoms with Gasteiger partial charge in [-0.1, -0.05) is 11.6 Å². The van der Waals surface area contributed by atoms with Crippen LogP contribution in [0.3, 0.4) is 0 Å².